The smallest absolute Gasteiger partial charge is 0.159 e. The minimum Gasteiger partial charge on any atom is -0.512 e. The van der Waals surface area contributed by atoms with E-state index in [0.29, 0.717) is 11.1 Å². The highest BCUT2D eigenvalue weighted by atomic mass is 16.3. The predicted octanol–water partition coefficient (Wildman–Crippen LogP) is 15.4. The van der Waals surface area contributed by atoms with Gasteiger partial charge in [0.15, 0.2) is 5.78 Å². The van der Waals surface area contributed by atoms with E-state index >= 15 is 0 Å². The van der Waals surface area contributed by atoms with Crippen molar-refractivity contribution in [3.05, 3.63) is 229 Å². The van der Waals surface area contributed by atoms with Crippen molar-refractivity contribution in [3.8, 4) is 78.1 Å². The number of allylic oxidation sites excluding steroid dienone is 2. The summed E-state index contributed by atoms with van der Waals surface area (Å²) in [7, 11) is 0. The predicted molar refractivity (Wildman–Crippen MR) is 265 cm³/mol. The molecule has 8 aromatic carbocycles. The molecule has 2 aromatic heterocycles. The van der Waals surface area contributed by atoms with Gasteiger partial charge in [-0.3, -0.25) is 4.79 Å². The standard InChI is InChI=1S/C60H44N2O2/c1-40(63)36-51(64)33-30-41-12-2-5-15-52(41)48-37-49(55-18-8-6-16-53(55)42-22-26-46(27-23-42)59-34-31-44-13-3-10-20-57(44)61-59)39-50(38-48)56-19-9-7-17-54(56)43-24-28-47(29-25-43)60-35-32-45-14-4-11-21-58(45)62-60/h2-29,31-32,34-39,63H,30,33H2,1H3/b40-36-/i1D3,3D,4D,10D,11D,13D,14D,20D,21D,31D,32D,34D,35D. The Morgan fingerprint density at radius 1 is 0.500 bits per heavy atom. The van der Waals surface area contributed by atoms with E-state index in [0.717, 1.165) is 67.3 Å². The van der Waals surface area contributed by atoms with E-state index in [1.165, 1.54) is 0 Å². The molecule has 4 heteroatoms. The Morgan fingerprint density at radius 2 is 0.906 bits per heavy atom. The molecule has 0 amide bonds. The average molecular weight is 840 g/mol. The van der Waals surface area contributed by atoms with E-state index in [-0.39, 0.29) is 70.2 Å². The van der Waals surface area contributed by atoms with Crippen LogP contribution in [0.15, 0.2) is 224 Å². The van der Waals surface area contributed by atoms with Gasteiger partial charge in [0.05, 0.1) is 44.6 Å². The first-order chi connectivity index (χ1) is 37.6. The Hall–Kier alpha value is -8.21. The topological polar surface area (TPSA) is 63.1 Å². The van der Waals surface area contributed by atoms with Crippen LogP contribution in [0.2, 0.25) is 0 Å². The highest BCUT2D eigenvalue weighted by Gasteiger charge is 2.17. The lowest BCUT2D eigenvalue weighted by atomic mass is 9.86. The number of fused-ring (bicyclic) bond motifs is 2. The molecule has 0 aliphatic rings. The molecule has 0 radical (unpaired) electrons. The summed E-state index contributed by atoms with van der Waals surface area (Å²) in [6.45, 7) is -2.83. The molecule has 2 heterocycles. The molecule has 0 aliphatic heterocycles. The Kier molecular flexibility index (Phi) is 7.25. The van der Waals surface area contributed by atoms with Gasteiger partial charge in [-0.25, -0.2) is 9.97 Å². The lowest BCUT2D eigenvalue weighted by molar-refractivity contribution is -0.114. The first-order valence-corrected chi connectivity index (χ1v) is 20.5. The number of nitrogens with zero attached hydrogens (tertiary/aromatic N) is 2. The first-order valence-electron chi connectivity index (χ1n) is 28.0. The number of aliphatic hydroxyl groups excluding tert-OH is 1. The lowest BCUT2D eigenvalue weighted by Crippen LogP contribution is -1.99. The highest BCUT2D eigenvalue weighted by molar-refractivity contribution is 5.93. The van der Waals surface area contributed by atoms with Gasteiger partial charge in [0, 0.05) is 38.5 Å². The van der Waals surface area contributed by atoms with Crippen LogP contribution in [0, 0.1) is 0 Å². The second-order valence-electron chi connectivity index (χ2n) is 15.1. The van der Waals surface area contributed by atoms with Crippen LogP contribution in [-0.4, -0.2) is 20.9 Å². The van der Waals surface area contributed by atoms with Crippen LogP contribution in [0.5, 0.6) is 0 Å². The number of hydrogen-bond acceptors (Lipinski definition) is 4. The summed E-state index contributed by atoms with van der Waals surface area (Å²) in [5, 5.41) is 9.83. The summed E-state index contributed by atoms with van der Waals surface area (Å²) in [6.07, 6.45) is 0.890. The summed E-state index contributed by atoms with van der Waals surface area (Å²) in [5.41, 5.74) is 9.79. The molecule has 0 fully saturated rings. The van der Waals surface area contributed by atoms with Gasteiger partial charge in [-0.1, -0.05) is 170 Å². The molecule has 0 atom stereocenters. The molecule has 0 saturated heterocycles. The van der Waals surface area contributed by atoms with Gasteiger partial charge in [0.2, 0.25) is 0 Å². The number of hydrogen-bond donors (Lipinski definition) is 1. The molecule has 306 valence electrons. The molecule has 64 heavy (non-hydrogen) atoms. The van der Waals surface area contributed by atoms with Crippen LogP contribution < -0.4 is 0 Å². The number of pyridine rings is 2. The molecule has 0 bridgehead atoms. The Morgan fingerprint density at radius 3 is 1.39 bits per heavy atom. The summed E-state index contributed by atoms with van der Waals surface area (Å²) >= 11 is 0. The molecule has 0 aliphatic carbocycles. The van der Waals surface area contributed by atoms with Crippen molar-refractivity contribution in [1.82, 2.24) is 9.97 Å². The van der Waals surface area contributed by atoms with Crippen molar-refractivity contribution in [2.24, 2.45) is 0 Å². The summed E-state index contributed by atoms with van der Waals surface area (Å²) in [5.74, 6) is -1.53. The molecular weight excluding hydrogens is 781 g/mol. The zero-order chi connectivity index (χ0) is 56.4. The quantitative estimate of drug-likeness (QED) is 0.104. The number of para-hydroxylation sites is 2. The third-order valence-electron chi connectivity index (χ3n) is 11.0. The third-order valence-corrected chi connectivity index (χ3v) is 11.0. The van der Waals surface area contributed by atoms with Crippen molar-refractivity contribution in [3.63, 3.8) is 0 Å². The zero-order valence-corrected chi connectivity index (χ0v) is 34.0. The van der Waals surface area contributed by atoms with Crippen LogP contribution in [0.3, 0.4) is 0 Å². The minimum absolute atomic E-state index is 0.0831. The number of rotatable bonds is 11. The Balaban J connectivity index is 1.09. The van der Waals surface area contributed by atoms with Crippen LogP contribution >= 0.6 is 0 Å². The van der Waals surface area contributed by atoms with Crippen LogP contribution in [0.1, 0.15) is 39.4 Å². The van der Waals surface area contributed by atoms with Gasteiger partial charge in [-0.15, -0.1) is 0 Å². The Bertz CT molecular complexity index is 3960. The van der Waals surface area contributed by atoms with Crippen molar-refractivity contribution >= 4 is 27.6 Å². The average Bonchev–Trinajstić information content (AvgIpc) is 3.66. The highest BCUT2D eigenvalue weighted by Crippen LogP contribution is 2.41. The number of carbonyl (C=O) groups excluding carboxylic acids is 1. The van der Waals surface area contributed by atoms with E-state index in [9.17, 15) is 9.90 Å². The van der Waals surface area contributed by atoms with Gasteiger partial charge in [-0.2, -0.15) is 0 Å². The number of ketones is 1. The number of aryl methyl sites for hydroxylation is 1. The van der Waals surface area contributed by atoms with E-state index < -0.39 is 66.7 Å². The van der Waals surface area contributed by atoms with Crippen molar-refractivity contribution in [1.29, 1.82) is 0 Å². The summed E-state index contributed by atoms with van der Waals surface area (Å²) in [4.78, 5) is 22.1. The fourth-order valence-corrected chi connectivity index (χ4v) is 7.94. The van der Waals surface area contributed by atoms with Gasteiger partial charge in [-0.05, 0) is 117 Å². The SMILES string of the molecule is [2H]c1c([2H])c([2H])c2c([2H])c([2H])c(-c3ccc(-c4ccccc4-c4cc(-c5ccccc5CCC(=O)/C=C(\O)C([2H])([2H])[2H])cc(-c5ccccc5-c5ccc(-c6nc7c([2H])c([2H])c([2H])c([2H])c7c([2H])c6[2H])cc5)c4)cc3)nc2c1[2H]. The third kappa shape index (κ3) is 8.37. The molecule has 0 spiro atoms. The van der Waals surface area contributed by atoms with E-state index in [4.69, 9.17) is 20.6 Å². The van der Waals surface area contributed by atoms with Gasteiger partial charge < -0.3 is 5.11 Å². The second-order valence-corrected chi connectivity index (χ2v) is 15.1. The minimum atomic E-state index is -2.83. The molecule has 4 nitrogen and oxygen atoms in total. The maximum atomic E-state index is 13.0. The number of aromatic nitrogens is 2. The van der Waals surface area contributed by atoms with E-state index in [1.54, 1.807) is 24.3 Å². The largest absolute Gasteiger partial charge is 0.512 e. The zero-order valence-electron chi connectivity index (χ0n) is 49.0. The number of carbonyl (C=O) groups is 1. The van der Waals surface area contributed by atoms with Crippen molar-refractivity contribution in [2.45, 2.75) is 19.7 Å². The molecule has 10 rings (SSSR count). The van der Waals surface area contributed by atoms with Gasteiger partial charge >= 0.3 is 0 Å². The fraction of sp³-hybridized carbons (Fsp3) is 0.0500. The molecule has 1 N–H and O–H groups in total. The lowest BCUT2D eigenvalue weighted by Gasteiger charge is -2.18. The monoisotopic (exact) mass is 839 g/mol. The maximum absolute atomic E-state index is 13.0. The summed E-state index contributed by atoms with van der Waals surface area (Å²) < 4.78 is 124. The van der Waals surface area contributed by atoms with Gasteiger partial charge in [0.1, 0.15) is 0 Å². The molecule has 0 saturated carbocycles. The van der Waals surface area contributed by atoms with E-state index in [1.807, 2.05) is 109 Å². The van der Waals surface area contributed by atoms with Crippen LogP contribution in [-0.2, 0) is 11.2 Å². The summed E-state index contributed by atoms with van der Waals surface area (Å²) in [6, 6.07) is 38.9. The normalized spacial score (nSPS) is 15.1. The van der Waals surface area contributed by atoms with E-state index in [2.05, 4.69) is 16.0 Å². The van der Waals surface area contributed by atoms with Crippen LogP contribution in [0.25, 0.3) is 100.0 Å². The van der Waals surface area contributed by atoms with Gasteiger partial charge in [0.25, 0.3) is 0 Å². The number of aliphatic hydroxyl groups is 1. The first kappa shape index (κ1) is 26.3. The van der Waals surface area contributed by atoms with Crippen molar-refractivity contribution < 1.29 is 30.5 Å². The molecular formula is C60H44N2O2. The Labute approximate surface area is 394 Å². The number of benzene rings is 8. The maximum Gasteiger partial charge on any atom is 0.159 e. The molecule has 10 aromatic rings. The van der Waals surface area contributed by atoms with Crippen molar-refractivity contribution in [2.75, 3.05) is 0 Å². The second kappa shape index (κ2) is 17.6. The molecule has 0 unspecified atom stereocenters. The fourth-order valence-electron chi connectivity index (χ4n) is 7.94. The van der Waals surface area contributed by atoms with Crippen LogP contribution in [0.4, 0.5) is 0 Å².